The zero-order valence-corrected chi connectivity index (χ0v) is 32.6. The molecule has 0 amide bonds. The molecule has 0 aromatic heterocycles. The molecule has 8 aliphatic carbocycles. The molecular weight excluding hydrogens is 650 g/mol. The Labute approximate surface area is 341 Å². The minimum Gasteiger partial charge on any atom is -0.851 e. The maximum atomic E-state index is 17.9. The predicted octanol–water partition coefficient (Wildman–Crippen LogP) is 2.95. The SMILES string of the molecule is [Li+].[Li+].[O-]C1([Si]2(C3([O-])C4CC5CC(C4)CC3C5)C(c3ccccc3)=C(c3ccccc3)C(c3ccccc3)=C2c2ccccc2)C2CC3CC(C2)CC1C3. The Hall–Kier alpha value is -2.31. The zero-order valence-electron chi connectivity index (χ0n) is 31.6. The van der Waals surface area contributed by atoms with Crippen LogP contribution in [0.1, 0.15) is 86.5 Å². The summed E-state index contributed by atoms with van der Waals surface area (Å²) in [7, 11) is -3.87. The molecule has 5 heteroatoms. The summed E-state index contributed by atoms with van der Waals surface area (Å²) >= 11 is 0. The number of rotatable bonds is 6. The molecule has 9 aliphatic rings. The topological polar surface area (TPSA) is 46.1 Å². The van der Waals surface area contributed by atoms with E-state index < -0.39 is 18.5 Å². The predicted molar refractivity (Wildman–Crippen MR) is 205 cm³/mol. The van der Waals surface area contributed by atoms with E-state index in [-0.39, 0.29) is 61.4 Å². The Morgan fingerprint density at radius 2 is 0.604 bits per heavy atom. The van der Waals surface area contributed by atoms with Crippen molar-refractivity contribution in [3.63, 3.8) is 0 Å². The van der Waals surface area contributed by atoms with Crippen LogP contribution < -0.4 is 47.9 Å². The Kier molecular flexibility index (Phi) is 9.20. The van der Waals surface area contributed by atoms with Gasteiger partial charge in [0.1, 0.15) is 8.07 Å². The summed E-state index contributed by atoms with van der Waals surface area (Å²) in [6, 6.07) is 43.8. The molecule has 13 rings (SSSR count). The zero-order chi connectivity index (χ0) is 34.0. The van der Waals surface area contributed by atoms with Crippen LogP contribution in [-0.4, -0.2) is 18.5 Å². The Morgan fingerprint density at radius 1 is 0.358 bits per heavy atom. The molecule has 8 saturated carbocycles. The smallest absolute Gasteiger partial charge is 0.851 e. The molecule has 0 atom stereocenters. The van der Waals surface area contributed by atoms with Crippen LogP contribution in [0.25, 0.3) is 21.5 Å². The van der Waals surface area contributed by atoms with Gasteiger partial charge in [-0.2, -0.15) is 0 Å². The van der Waals surface area contributed by atoms with E-state index in [2.05, 4.69) is 121 Å². The van der Waals surface area contributed by atoms with Crippen LogP contribution >= 0.6 is 0 Å². The van der Waals surface area contributed by atoms with Crippen LogP contribution in [0.4, 0.5) is 0 Å². The molecule has 1 aliphatic heterocycles. The van der Waals surface area contributed by atoms with E-state index in [9.17, 15) is 0 Å². The molecular formula is C48H48Li2O2Si. The number of allylic oxidation sites excluding steroid dienone is 2. The summed E-state index contributed by atoms with van der Waals surface area (Å²) in [6.07, 6.45) is 10.8. The van der Waals surface area contributed by atoms with Gasteiger partial charge in [0, 0.05) is 0 Å². The minimum atomic E-state index is -3.87. The fourth-order valence-corrected chi connectivity index (χ4v) is 22.9. The third-order valence-corrected chi connectivity index (χ3v) is 22.2. The summed E-state index contributed by atoms with van der Waals surface area (Å²) in [5, 5.41) is 35.7. The van der Waals surface area contributed by atoms with E-state index in [1.54, 1.807) is 0 Å². The first-order chi connectivity index (χ1) is 25.0. The number of benzene rings is 4. The van der Waals surface area contributed by atoms with Crippen LogP contribution in [0.3, 0.4) is 0 Å². The summed E-state index contributed by atoms with van der Waals surface area (Å²) in [6.45, 7) is 0. The van der Waals surface area contributed by atoms with Crippen molar-refractivity contribution in [3.05, 3.63) is 144 Å². The van der Waals surface area contributed by atoms with Crippen molar-refractivity contribution in [1.29, 1.82) is 0 Å². The second kappa shape index (κ2) is 13.4. The van der Waals surface area contributed by atoms with Gasteiger partial charge in [0.15, 0.2) is 0 Å². The Bertz CT molecular complexity index is 1840. The van der Waals surface area contributed by atoms with Crippen LogP contribution in [-0.2, 0) is 0 Å². The van der Waals surface area contributed by atoms with E-state index in [4.69, 9.17) is 0 Å². The second-order valence-electron chi connectivity index (χ2n) is 17.9. The molecule has 0 radical (unpaired) electrons. The van der Waals surface area contributed by atoms with Gasteiger partial charge >= 0.3 is 37.7 Å². The first-order valence-corrected chi connectivity index (χ1v) is 22.1. The maximum absolute atomic E-state index is 17.9. The molecule has 4 aromatic rings. The molecule has 1 heterocycles. The third kappa shape index (κ3) is 4.91. The summed E-state index contributed by atoms with van der Waals surface area (Å²) in [5.41, 5.74) is 6.94. The fraction of sp³-hybridized carbons (Fsp3) is 0.417. The maximum Gasteiger partial charge on any atom is 1.00 e. The van der Waals surface area contributed by atoms with Crippen molar-refractivity contribution >= 4 is 29.6 Å². The Morgan fingerprint density at radius 3 is 0.868 bits per heavy atom. The first kappa shape index (κ1) is 36.3. The van der Waals surface area contributed by atoms with Crippen LogP contribution in [0.15, 0.2) is 121 Å². The van der Waals surface area contributed by atoms with Crippen LogP contribution in [0.2, 0.25) is 0 Å². The quantitative estimate of drug-likeness (QED) is 0.291. The van der Waals surface area contributed by atoms with Gasteiger partial charge in [0.05, 0.1) is 0 Å². The van der Waals surface area contributed by atoms with Crippen molar-refractivity contribution in [3.8, 4) is 0 Å². The molecule has 2 nitrogen and oxygen atoms in total. The van der Waals surface area contributed by atoms with Gasteiger partial charge in [-0.3, -0.25) is 0 Å². The molecule has 8 fully saturated rings. The third-order valence-electron chi connectivity index (χ3n) is 15.6. The molecule has 0 N–H and O–H groups in total. The van der Waals surface area contributed by atoms with Crippen molar-refractivity contribution < 1.29 is 47.9 Å². The van der Waals surface area contributed by atoms with E-state index in [1.165, 1.54) is 34.4 Å². The van der Waals surface area contributed by atoms with Gasteiger partial charge in [-0.25, -0.2) is 0 Å². The average Bonchev–Trinajstić information content (AvgIpc) is 3.50. The van der Waals surface area contributed by atoms with Crippen molar-refractivity contribution in [2.24, 2.45) is 47.3 Å². The molecule has 0 spiro atoms. The molecule has 53 heavy (non-hydrogen) atoms. The standard InChI is InChI=1S/C48H48O2Si.2Li/c49-47(39-23-31-21-32(25-39)26-40(47)24-31)51(48(50)41-27-33-22-34(29-41)30-42(48)28-33)45(37-17-9-3-10-18-37)43(35-13-5-1-6-14-35)44(36-15-7-2-8-16-36)46(51)38-19-11-4-12-20-38;;/h1-20,31-34,39-42H,21-30H2;;/q-2;2*+1. The van der Waals surface area contributed by atoms with E-state index in [1.807, 2.05) is 0 Å². The van der Waals surface area contributed by atoms with Crippen LogP contribution in [0.5, 0.6) is 0 Å². The first-order valence-electron chi connectivity index (χ1n) is 20.1. The van der Waals surface area contributed by atoms with E-state index in [0.29, 0.717) is 23.7 Å². The monoisotopic (exact) mass is 698 g/mol. The minimum absolute atomic E-state index is 0. The summed E-state index contributed by atoms with van der Waals surface area (Å²) in [5.74, 6) is 2.86. The van der Waals surface area contributed by atoms with Crippen molar-refractivity contribution in [2.45, 2.75) is 74.7 Å². The summed E-state index contributed by atoms with van der Waals surface area (Å²) in [4.78, 5) is 0. The van der Waals surface area contributed by atoms with Crippen molar-refractivity contribution in [1.82, 2.24) is 0 Å². The van der Waals surface area contributed by atoms with Crippen molar-refractivity contribution in [2.75, 3.05) is 0 Å². The van der Waals surface area contributed by atoms with E-state index >= 15 is 10.2 Å². The Balaban J connectivity index is 0.00000186. The normalized spacial score (nSPS) is 37.1. The molecule has 0 unspecified atom stereocenters. The van der Waals surface area contributed by atoms with Crippen LogP contribution in [0, 0.1) is 47.3 Å². The van der Waals surface area contributed by atoms with Gasteiger partial charge in [-0.15, -0.1) is 10.4 Å². The molecule has 258 valence electrons. The fourth-order valence-electron chi connectivity index (χ4n) is 14.5. The molecule has 8 bridgehead atoms. The second-order valence-corrected chi connectivity index (χ2v) is 22.0. The van der Waals surface area contributed by atoms with Gasteiger partial charge in [-0.05, 0) is 132 Å². The average molecular weight is 699 g/mol. The molecule has 4 aromatic carbocycles. The largest absolute Gasteiger partial charge is 1.00 e. The van der Waals surface area contributed by atoms with E-state index in [0.717, 1.165) is 73.6 Å². The number of hydrogen-bond acceptors (Lipinski definition) is 2. The van der Waals surface area contributed by atoms with Gasteiger partial charge in [0.25, 0.3) is 0 Å². The van der Waals surface area contributed by atoms with Gasteiger partial charge in [0.2, 0.25) is 0 Å². The molecule has 0 saturated heterocycles. The number of hydrogen-bond donors (Lipinski definition) is 0. The summed E-state index contributed by atoms with van der Waals surface area (Å²) < 4.78 is 0. The van der Waals surface area contributed by atoms with Gasteiger partial charge < -0.3 is 10.2 Å². The van der Waals surface area contributed by atoms with Gasteiger partial charge in [-0.1, -0.05) is 145 Å².